The topological polar surface area (TPSA) is 51.2 Å². The average molecular weight is 345 g/mol. The second-order valence-corrected chi connectivity index (χ2v) is 5.99. The van der Waals surface area contributed by atoms with Crippen LogP contribution in [0.3, 0.4) is 0 Å². The molecule has 0 radical (unpaired) electrons. The van der Waals surface area contributed by atoms with Crippen LogP contribution in [0, 0.1) is 0 Å². The molecular weight excluding hydrogens is 332 g/mol. The number of benzene rings is 2. The minimum atomic E-state index is -0.300. The van der Waals surface area contributed by atoms with Gasteiger partial charge in [0.1, 0.15) is 11.4 Å². The Morgan fingerprint density at radius 1 is 1.22 bits per heavy atom. The van der Waals surface area contributed by atoms with E-state index in [4.69, 9.17) is 16.3 Å². The maximum atomic E-state index is 12.6. The Morgan fingerprint density at radius 3 is 2.74 bits per heavy atom. The van der Waals surface area contributed by atoms with Gasteiger partial charge in [-0.05, 0) is 23.8 Å². The standard InChI is InChI=1S/C17H13ClN2O2S/c1-22-14-8-7-12(18)9-13(14)20-17(21)15-16(23-10-19-15)11-5-3-2-4-6-11/h2-10H,1H3,(H,20,21). The van der Waals surface area contributed by atoms with Gasteiger partial charge in [0.2, 0.25) is 0 Å². The minimum absolute atomic E-state index is 0.300. The van der Waals surface area contributed by atoms with Crippen LogP contribution in [-0.2, 0) is 0 Å². The van der Waals surface area contributed by atoms with Gasteiger partial charge in [0, 0.05) is 5.02 Å². The van der Waals surface area contributed by atoms with Crippen LogP contribution in [0.1, 0.15) is 10.5 Å². The molecule has 1 aromatic heterocycles. The molecule has 4 nitrogen and oxygen atoms in total. The van der Waals surface area contributed by atoms with Gasteiger partial charge in [-0.3, -0.25) is 4.79 Å². The van der Waals surface area contributed by atoms with Gasteiger partial charge in [-0.1, -0.05) is 41.9 Å². The Hall–Kier alpha value is -2.37. The number of hydrogen-bond donors (Lipinski definition) is 1. The Balaban J connectivity index is 1.91. The van der Waals surface area contributed by atoms with Crippen molar-refractivity contribution in [1.82, 2.24) is 4.98 Å². The van der Waals surface area contributed by atoms with Crippen LogP contribution in [-0.4, -0.2) is 18.0 Å². The van der Waals surface area contributed by atoms with Gasteiger partial charge in [0.15, 0.2) is 0 Å². The lowest BCUT2D eigenvalue weighted by Gasteiger charge is -2.10. The fourth-order valence-corrected chi connectivity index (χ4v) is 3.13. The van der Waals surface area contributed by atoms with Crippen molar-refractivity contribution in [3.8, 4) is 16.2 Å². The number of thiazole rings is 1. The van der Waals surface area contributed by atoms with Crippen molar-refractivity contribution >= 4 is 34.5 Å². The first kappa shape index (κ1) is 15.5. The number of nitrogens with one attached hydrogen (secondary N) is 1. The number of methoxy groups -OCH3 is 1. The highest BCUT2D eigenvalue weighted by Gasteiger charge is 2.18. The summed E-state index contributed by atoms with van der Waals surface area (Å²) in [6, 6.07) is 14.7. The van der Waals surface area contributed by atoms with E-state index in [-0.39, 0.29) is 5.91 Å². The number of amides is 1. The molecule has 1 amide bonds. The Morgan fingerprint density at radius 2 is 2.00 bits per heavy atom. The molecule has 0 saturated carbocycles. The number of nitrogens with zero attached hydrogens (tertiary/aromatic N) is 1. The third-order valence-electron chi connectivity index (χ3n) is 3.23. The molecule has 0 unspecified atom stereocenters. The number of carbonyl (C=O) groups is 1. The summed E-state index contributed by atoms with van der Waals surface area (Å²) in [5.41, 5.74) is 3.50. The monoisotopic (exact) mass is 344 g/mol. The van der Waals surface area contributed by atoms with Gasteiger partial charge < -0.3 is 10.1 Å². The van der Waals surface area contributed by atoms with Crippen LogP contribution in [0.15, 0.2) is 54.0 Å². The SMILES string of the molecule is COc1ccc(Cl)cc1NC(=O)c1ncsc1-c1ccccc1. The zero-order valence-corrected chi connectivity index (χ0v) is 13.8. The summed E-state index contributed by atoms with van der Waals surface area (Å²) in [4.78, 5) is 17.6. The van der Waals surface area contributed by atoms with Crippen molar-refractivity contribution in [3.63, 3.8) is 0 Å². The Bertz CT molecular complexity index is 834. The van der Waals surface area contributed by atoms with Crippen molar-refractivity contribution in [2.75, 3.05) is 12.4 Å². The minimum Gasteiger partial charge on any atom is -0.495 e. The van der Waals surface area contributed by atoms with Gasteiger partial charge in [0.05, 0.1) is 23.2 Å². The number of hydrogen-bond acceptors (Lipinski definition) is 4. The molecule has 3 rings (SSSR count). The van der Waals surface area contributed by atoms with E-state index in [1.165, 1.54) is 18.4 Å². The zero-order valence-electron chi connectivity index (χ0n) is 12.2. The van der Waals surface area contributed by atoms with E-state index < -0.39 is 0 Å². The fraction of sp³-hybridized carbons (Fsp3) is 0.0588. The first-order chi connectivity index (χ1) is 11.2. The summed E-state index contributed by atoms with van der Waals surface area (Å²) in [6.07, 6.45) is 0. The number of carbonyl (C=O) groups excluding carboxylic acids is 1. The number of anilines is 1. The molecule has 0 bridgehead atoms. The molecule has 0 aliphatic heterocycles. The molecule has 3 aromatic rings. The van der Waals surface area contributed by atoms with Crippen LogP contribution >= 0.6 is 22.9 Å². The van der Waals surface area contributed by atoms with E-state index in [1.807, 2.05) is 30.3 Å². The lowest BCUT2D eigenvalue weighted by molar-refractivity contribution is 0.102. The van der Waals surface area contributed by atoms with Crippen molar-refractivity contribution in [2.24, 2.45) is 0 Å². The molecule has 0 saturated heterocycles. The predicted molar refractivity (Wildman–Crippen MR) is 93.5 cm³/mol. The van der Waals surface area contributed by atoms with Gasteiger partial charge in [-0.25, -0.2) is 4.98 Å². The molecule has 1 N–H and O–H groups in total. The number of rotatable bonds is 4. The predicted octanol–water partition coefficient (Wildman–Crippen LogP) is 4.72. The second kappa shape index (κ2) is 6.81. The van der Waals surface area contributed by atoms with E-state index in [2.05, 4.69) is 10.3 Å². The van der Waals surface area contributed by atoms with Crippen LogP contribution in [0.5, 0.6) is 5.75 Å². The highest BCUT2D eigenvalue weighted by Crippen LogP contribution is 2.31. The van der Waals surface area contributed by atoms with Gasteiger partial charge in [0.25, 0.3) is 5.91 Å². The fourth-order valence-electron chi connectivity index (χ4n) is 2.16. The Kier molecular flexibility index (Phi) is 4.60. The third-order valence-corrected chi connectivity index (χ3v) is 4.34. The maximum absolute atomic E-state index is 12.6. The summed E-state index contributed by atoms with van der Waals surface area (Å²) in [6.45, 7) is 0. The van der Waals surface area contributed by atoms with Crippen LogP contribution in [0.25, 0.3) is 10.4 Å². The van der Waals surface area contributed by atoms with Gasteiger partial charge >= 0.3 is 0 Å². The average Bonchev–Trinajstić information content (AvgIpc) is 3.05. The maximum Gasteiger partial charge on any atom is 0.275 e. The number of ether oxygens (including phenoxy) is 1. The molecule has 6 heteroatoms. The molecule has 0 fully saturated rings. The molecule has 0 spiro atoms. The molecule has 0 aliphatic carbocycles. The van der Waals surface area contributed by atoms with Crippen molar-refractivity contribution < 1.29 is 9.53 Å². The van der Waals surface area contributed by atoms with Crippen LogP contribution < -0.4 is 10.1 Å². The summed E-state index contributed by atoms with van der Waals surface area (Å²) >= 11 is 7.41. The number of aromatic nitrogens is 1. The highest BCUT2D eigenvalue weighted by atomic mass is 35.5. The van der Waals surface area contributed by atoms with Crippen molar-refractivity contribution in [1.29, 1.82) is 0 Å². The first-order valence-electron chi connectivity index (χ1n) is 6.83. The van der Waals surface area contributed by atoms with Gasteiger partial charge in [-0.2, -0.15) is 0 Å². The van der Waals surface area contributed by atoms with Crippen molar-refractivity contribution in [3.05, 3.63) is 64.8 Å². The summed E-state index contributed by atoms with van der Waals surface area (Å²) < 4.78 is 5.24. The smallest absolute Gasteiger partial charge is 0.275 e. The molecule has 116 valence electrons. The molecule has 2 aromatic carbocycles. The third kappa shape index (κ3) is 3.36. The molecule has 23 heavy (non-hydrogen) atoms. The molecule has 1 heterocycles. The van der Waals surface area contributed by atoms with Gasteiger partial charge in [-0.15, -0.1) is 11.3 Å². The van der Waals surface area contributed by atoms with E-state index in [9.17, 15) is 4.79 Å². The lowest BCUT2D eigenvalue weighted by atomic mass is 10.1. The number of halogens is 1. The quantitative estimate of drug-likeness (QED) is 0.744. The van der Waals surface area contributed by atoms with E-state index in [1.54, 1.807) is 23.7 Å². The van der Waals surface area contributed by atoms with Crippen molar-refractivity contribution in [2.45, 2.75) is 0 Å². The molecule has 0 atom stereocenters. The highest BCUT2D eigenvalue weighted by molar-refractivity contribution is 7.13. The van der Waals surface area contributed by atoms with Crippen LogP contribution in [0.2, 0.25) is 5.02 Å². The summed E-state index contributed by atoms with van der Waals surface area (Å²) in [5, 5.41) is 3.33. The lowest BCUT2D eigenvalue weighted by Crippen LogP contribution is -2.14. The largest absolute Gasteiger partial charge is 0.495 e. The van der Waals surface area contributed by atoms with E-state index in [0.29, 0.717) is 22.2 Å². The normalized spacial score (nSPS) is 10.3. The van der Waals surface area contributed by atoms with Crippen LogP contribution in [0.4, 0.5) is 5.69 Å². The summed E-state index contributed by atoms with van der Waals surface area (Å²) in [7, 11) is 1.54. The summed E-state index contributed by atoms with van der Waals surface area (Å²) in [5.74, 6) is 0.241. The van der Waals surface area contributed by atoms with E-state index in [0.717, 1.165) is 10.4 Å². The van der Waals surface area contributed by atoms with E-state index >= 15 is 0 Å². The Labute approximate surface area is 142 Å². The molecule has 0 aliphatic rings. The molecular formula is C17H13ClN2O2S. The second-order valence-electron chi connectivity index (χ2n) is 4.69. The first-order valence-corrected chi connectivity index (χ1v) is 8.08. The zero-order chi connectivity index (χ0) is 16.2.